The summed E-state index contributed by atoms with van der Waals surface area (Å²) in [6.45, 7) is 2.00. The predicted molar refractivity (Wildman–Crippen MR) is 85.6 cm³/mol. The maximum absolute atomic E-state index is 11.5. The lowest BCUT2D eigenvalue weighted by Crippen LogP contribution is -2.17. The van der Waals surface area contributed by atoms with Gasteiger partial charge < -0.3 is 16.8 Å². The third-order valence-electron chi connectivity index (χ3n) is 3.09. The minimum absolute atomic E-state index is 0.00546. The van der Waals surface area contributed by atoms with Crippen LogP contribution in [0.25, 0.3) is 0 Å². The third kappa shape index (κ3) is 3.11. The van der Waals surface area contributed by atoms with Crippen molar-refractivity contribution >= 4 is 33.2 Å². The van der Waals surface area contributed by atoms with Gasteiger partial charge in [0.05, 0.1) is 16.9 Å². The molecule has 4 nitrogen and oxygen atoms in total. The normalized spacial score (nSPS) is 11.9. The van der Waals surface area contributed by atoms with E-state index in [9.17, 15) is 4.79 Å². The van der Waals surface area contributed by atoms with Gasteiger partial charge in [0.2, 0.25) is 0 Å². The summed E-state index contributed by atoms with van der Waals surface area (Å²) in [6, 6.07) is 13.1. The molecule has 0 spiro atoms. The SMILES string of the molecule is CC(Nc1c(N)cccc1C(N)=O)c1ccc(Br)cc1. The molecule has 0 aliphatic rings. The number of para-hydroxylation sites is 1. The van der Waals surface area contributed by atoms with Crippen molar-refractivity contribution in [2.24, 2.45) is 5.73 Å². The summed E-state index contributed by atoms with van der Waals surface area (Å²) >= 11 is 3.40. The van der Waals surface area contributed by atoms with Crippen molar-refractivity contribution in [1.82, 2.24) is 0 Å². The number of hydrogen-bond acceptors (Lipinski definition) is 3. The molecule has 2 aromatic carbocycles. The van der Waals surface area contributed by atoms with E-state index in [1.807, 2.05) is 31.2 Å². The number of nitrogen functional groups attached to an aromatic ring is 1. The van der Waals surface area contributed by atoms with Gasteiger partial charge in [0.25, 0.3) is 5.91 Å². The van der Waals surface area contributed by atoms with Crippen LogP contribution in [0, 0.1) is 0 Å². The van der Waals surface area contributed by atoms with E-state index < -0.39 is 5.91 Å². The first-order valence-electron chi connectivity index (χ1n) is 6.19. The summed E-state index contributed by atoms with van der Waals surface area (Å²) in [6.07, 6.45) is 0. The first kappa shape index (κ1) is 14.4. The average Bonchev–Trinajstić information content (AvgIpc) is 2.41. The largest absolute Gasteiger partial charge is 0.397 e. The van der Waals surface area contributed by atoms with Gasteiger partial charge in [-0.05, 0) is 36.8 Å². The van der Waals surface area contributed by atoms with Crippen molar-refractivity contribution in [1.29, 1.82) is 0 Å². The molecule has 1 unspecified atom stereocenters. The number of carbonyl (C=O) groups excluding carboxylic acids is 1. The van der Waals surface area contributed by atoms with Crippen LogP contribution in [0.3, 0.4) is 0 Å². The van der Waals surface area contributed by atoms with Crippen molar-refractivity contribution in [2.45, 2.75) is 13.0 Å². The fourth-order valence-corrected chi connectivity index (χ4v) is 2.25. The van der Waals surface area contributed by atoms with Crippen LogP contribution in [0.1, 0.15) is 28.9 Å². The zero-order valence-corrected chi connectivity index (χ0v) is 12.6. The molecule has 2 aromatic rings. The molecule has 0 saturated carbocycles. The van der Waals surface area contributed by atoms with E-state index in [0.717, 1.165) is 10.0 Å². The highest BCUT2D eigenvalue weighted by Crippen LogP contribution is 2.28. The monoisotopic (exact) mass is 333 g/mol. The molecule has 0 heterocycles. The Kier molecular flexibility index (Phi) is 4.29. The van der Waals surface area contributed by atoms with E-state index in [1.165, 1.54) is 0 Å². The quantitative estimate of drug-likeness (QED) is 0.751. The van der Waals surface area contributed by atoms with Crippen LogP contribution >= 0.6 is 15.9 Å². The highest BCUT2D eigenvalue weighted by molar-refractivity contribution is 9.10. The Morgan fingerprint density at radius 3 is 2.45 bits per heavy atom. The molecule has 5 heteroatoms. The lowest BCUT2D eigenvalue weighted by Gasteiger charge is -2.19. The number of halogens is 1. The zero-order valence-electron chi connectivity index (χ0n) is 11.1. The van der Waals surface area contributed by atoms with Crippen LogP contribution in [-0.2, 0) is 0 Å². The molecule has 104 valence electrons. The minimum Gasteiger partial charge on any atom is -0.397 e. The van der Waals surface area contributed by atoms with Gasteiger partial charge >= 0.3 is 0 Å². The molecule has 0 radical (unpaired) electrons. The zero-order chi connectivity index (χ0) is 14.7. The van der Waals surface area contributed by atoms with E-state index >= 15 is 0 Å². The van der Waals surface area contributed by atoms with E-state index in [1.54, 1.807) is 18.2 Å². The molecule has 0 aliphatic heterocycles. The van der Waals surface area contributed by atoms with E-state index in [2.05, 4.69) is 21.2 Å². The fraction of sp³-hybridized carbons (Fsp3) is 0.133. The van der Waals surface area contributed by atoms with Gasteiger partial charge in [-0.25, -0.2) is 0 Å². The summed E-state index contributed by atoms with van der Waals surface area (Å²) in [5.41, 5.74) is 13.9. The van der Waals surface area contributed by atoms with Gasteiger partial charge in [-0.15, -0.1) is 0 Å². The Morgan fingerprint density at radius 1 is 1.20 bits per heavy atom. The maximum Gasteiger partial charge on any atom is 0.250 e. The predicted octanol–water partition coefficient (Wildman–Crippen LogP) is 3.30. The van der Waals surface area contributed by atoms with Gasteiger partial charge in [-0.1, -0.05) is 34.1 Å². The summed E-state index contributed by atoms with van der Waals surface area (Å²) in [7, 11) is 0. The second-order valence-corrected chi connectivity index (χ2v) is 5.47. The lowest BCUT2D eigenvalue weighted by molar-refractivity contribution is 0.100. The summed E-state index contributed by atoms with van der Waals surface area (Å²) in [5.74, 6) is -0.497. The average molecular weight is 334 g/mol. The molecular weight excluding hydrogens is 318 g/mol. The number of nitrogens with two attached hydrogens (primary N) is 2. The molecule has 0 bridgehead atoms. The first-order chi connectivity index (χ1) is 9.49. The second-order valence-electron chi connectivity index (χ2n) is 4.55. The first-order valence-corrected chi connectivity index (χ1v) is 6.98. The molecule has 2 rings (SSSR count). The molecule has 5 N–H and O–H groups in total. The van der Waals surface area contributed by atoms with Crippen molar-refractivity contribution < 1.29 is 4.79 Å². The van der Waals surface area contributed by atoms with Gasteiger partial charge in [-0.3, -0.25) is 4.79 Å². The van der Waals surface area contributed by atoms with Gasteiger partial charge in [0.15, 0.2) is 0 Å². The minimum atomic E-state index is -0.497. The molecule has 0 saturated heterocycles. The van der Waals surface area contributed by atoms with Crippen LogP contribution < -0.4 is 16.8 Å². The molecule has 0 fully saturated rings. The van der Waals surface area contributed by atoms with Crippen molar-refractivity contribution in [3.05, 3.63) is 58.1 Å². The number of benzene rings is 2. The Morgan fingerprint density at radius 2 is 1.85 bits per heavy atom. The van der Waals surface area contributed by atoms with Crippen LogP contribution in [0.5, 0.6) is 0 Å². The Hall–Kier alpha value is -2.01. The van der Waals surface area contributed by atoms with Crippen LogP contribution in [0.4, 0.5) is 11.4 Å². The molecule has 0 aliphatic carbocycles. The van der Waals surface area contributed by atoms with E-state index in [-0.39, 0.29) is 6.04 Å². The molecular formula is C15H16BrN3O. The Balaban J connectivity index is 2.30. The molecule has 1 atom stereocenters. The Labute approximate surface area is 126 Å². The van der Waals surface area contributed by atoms with Gasteiger partial charge in [0.1, 0.15) is 0 Å². The summed E-state index contributed by atoms with van der Waals surface area (Å²) in [4.78, 5) is 11.5. The smallest absolute Gasteiger partial charge is 0.250 e. The van der Waals surface area contributed by atoms with E-state index in [4.69, 9.17) is 11.5 Å². The van der Waals surface area contributed by atoms with Crippen LogP contribution in [0.15, 0.2) is 46.9 Å². The molecule has 20 heavy (non-hydrogen) atoms. The summed E-state index contributed by atoms with van der Waals surface area (Å²) in [5, 5.41) is 3.25. The number of hydrogen-bond donors (Lipinski definition) is 3. The van der Waals surface area contributed by atoms with Crippen LogP contribution in [-0.4, -0.2) is 5.91 Å². The third-order valence-corrected chi connectivity index (χ3v) is 3.62. The molecule has 0 aromatic heterocycles. The van der Waals surface area contributed by atoms with Gasteiger partial charge in [0, 0.05) is 10.5 Å². The van der Waals surface area contributed by atoms with Gasteiger partial charge in [-0.2, -0.15) is 0 Å². The number of nitrogens with one attached hydrogen (secondary N) is 1. The number of anilines is 2. The summed E-state index contributed by atoms with van der Waals surface area (Å²) < 4.78 is 1.02. The second kappa shape index (κ2) is 5.96. The van der Waals surface area contributed by atoms with Crippen molar-refractivity contribution in [3.63, 3.8) is 0 Å². The maximum atomic E-state index is 11.5. The number of primary amides is 1. The number of amides is 1. The highest BCUT2D eigenvalue weighted by Gasteiger charge is 2.14. The Bertz CT molecular complexity index is 626. The number of rotatable bonds is 4. The topological polar surface area (TPSA) is 81.1 Å². The van der Waals surface area contributed by atoms with Crippen molar-refractivity contribution in [3.8, 4) is 0 Å². The number of carbonyl (C=O) groups is 1. The fourth-order valence-electron chi connectivity index (χ4n) is 1.99. The lowest BCUT2D eigenvalue weighted by atomic mass is 10.1. The standard InChI is InChI=1S/C15H16BrN3O/c1-9(10-5-7-11(16)8-6-10)19-14-12(15(18)20)3-2-4-13(14)17/h2-9,19H,17H2,1H3,(H2,18,20). The van der Waals surface area contributed by atoms with Crippen LogP contribution in [0.2, 0.25) is 0 Å². The highest BCUT2D eigenvalue weighted by atomic mass is 79.9. The van der Waals surface area contributed by atoms with Crippen molar-refractivity contribution in [2.75, 3.05) is 11.1 Å². The molecule has 1 amide bonds. The van der Waals surface area contributed by atoms with E-state index in [0.29, 0.717) is 16.9 Å².